The van der Waals surface area contributed by atoms with Gasteiger partial charge >= 0.3 is 0 Å². The number of rotatable bonds is 3. The van der Waals surface area contributed by atoms with Gasteiger partial charge in [-0.05, 0) is 42.4 Å². The maximum absolute atomic E-state index is 13.1. The summed E-state index contributed by atoms with van der Waals surface area (Å²) in [5.74, 6) is 0.661. The molecule has 2 aromatic rings. The number of hydrogen-bond donors (Lipinski definition) is 1. The second kappa shape index (κ2) is 5.43. The Kier molecular flexibility index (Phi) is 3.64. The minimum absolute atomic E-state index is 0.0684. The molecule has 0 spiro atoms. The number of halogens is 2. The molecule has 0 saturated heterocycles. The standard InChI is InChI=1S/C16H15ClFNO/c1-19-15(10-2-4-13(18)5-3-10)14-9-12(17)8-11-6-7-20-16(11)14/h2-5,8-9,15,19H,6-7H2,1H3. The van der Waals surface area contributed by atoms with E-state index in [9.17, 15) is 4.39 Å². The van der Waals surface area contributed by atoms with E-state index >= 15 is 0 Å². The molecule has 20 heavy (non-hydrogen) atoms. The van der Waals surface area contributed by atoms with Crippen molar-refractivity contribution in [3.63, 3.8) is 0 Å². The van der Waals surface area contributed by atoms with Gasteiger partial charge in [0.2, 0.25) is 0 Å². The molecule has 0 radical (unpaired) electrons. The fourth-order valence-corrected chi connectivity index (χ4v) is 2.92. The van der Waals surface area contributed by atoms with Gasteiger partial charge in [-0.1, -0.05) is 23.7 Å². The molecule has 1 atom stereocenters. The summed E-state index contributed by atoms with van der Waals surface area (Å²) in [6.07, 6.45) is 0.878. The van der Waals surface area contributed by atoms with E-state index in [1.807, 2.05) is 19.2 Å². The van der Waals surface area contributed by atoms with Gasteiger partial charge in [0.25, 0.3) is 0 Å². The largest absolute Gasteiger partial charge is 0.493 e. The van der Waals surface area contributed by atoms with Crippen LogP contribution in [0.2, 0.25) is 5.02 Å². The summed E-state index contributed by atoms with van der Waals surface area (Å²) in [6.45, 7) is 0.683. The van der Waals surface area contributed by atoms with Crippen LogP contribution in [0.25, 0.3) is 0 Å². The molecule has 1 unspecified atom stereocenters. The molecule has 0 amide bonds. The third kappa shape index (κ3) is 2.39. The third-order valence-electron chi connectivity index (χ3n) is 3.58. The lowest BCUT2D eigenvalue weighted by Crippen LogP contribution is -2.18. The Balaban J connectivity index is 2.08. The highest BCUT2D eigenvalue weighted by molar-refractivity contribution is 6.30. The zero-order valence-electron chi connectivity index (χ0n) is 11.1. The third-order valence-corrected chi connectivity index (χ3v) is 3.80. The highest BCUT2D eigenvalue weighted by Crippen LogP contribution is 2.38. The van der Waals surface area contributed by atoms with Crippen molar-refractivity contribution in [2.75, 3.05) is 13.7 Å². The Hall–Kier alpha value is -1.58. The number of hydrogen-bond acceptors (Lipinski definition) is 2. The van der Waals surface area contributed by atoms with Crippen molar-refractivity contribution in [1.82, 2.24) is 5.32 Å². The molecule has 4 heteroatoms. The normalized spacial score (nSPS) is 14.8. The molecule has 1 N–H and O–H groups in total. The van der Waals surface area contributed by atoms with E-state index in [2.05, 4.69) is 5.32 Å². The van der Waals surface area contributed by atoms with Gasteiger partial charge in [0.15, 0.2) is 0 Å². The zero-order valence-corrected chi connectivity index (χ0v) is 11.9. The van der Waals surface area contributed by atoms with Crippen molar-refractivity contribution in [2.24, 2.45) is 0 Å². The molecule has 2 aromatic carbocycles. The van der Waals surface area contributed by atoms with Gasteiger partial charge in [0.05, 0.1) is 12.6 Å². The van der Waals surface area contributed by atoms with Gasteiger partial charge in [-0.2, -0.15) is 0 Å². The van der Waals surface area contributed by atoms with Crippen molar-refractivity contribution in [1.29, 1.82) is 0 Å². The van der Waals surface area contributed by atoms with E-state index < -0.39 is 0 Å². The highest BCUT2D eigenvalue weighted by atomic mass is 35.5. The fraction of sp³-hybridized carbons (Fsp3) is 0.250. The van der Waals surface area contributed by atoms with Crippen LogP contribution in [0.15, 0.2) is 36.4 Å². The summed E-state index contributed by atoms with van der Waals surface area (Å²) in [6, 6.07) is 10.3. The van der Waals surface area contributed by atoms with Gasteiger partial charge in [-0.3, -0.25) is 0 Å². The molecule has 0 aromatic heterocycles. The fourth-order valence-electron chi connectivity index (χ4n) is 2.67. The van der Waals surface area contributed by atoms with E-state index in [0.29, 0.717) is 11.6 Å². The predicted octanol–water partition coefficient (Wildman–Crippen LogP) is 3.72. The Labute approximate surface area is 122 Å². The first-order valence-corrected chi connectivity index (χ1v) is 6.94. The molecule has 0 fully saturated rings. The molecular formula is C16H15ClFNO. The predicted molar refractivity (Wildman–Crippen MR) is 78.0 cm³/mol. The highest BCUT2D eigenvalue weighted by Gasteiger charge is 2.23. The van der Waals surface area contributed by atoms with E-state index in [1.54, 1.807) is 12.1 Å². The van der Waals surface area contributed by atoms with Gasteiger partial charge in [-0.25, -0.2) is 4.39 Å². The smallest absolute Gasteiger partial charge is 0.127 e. The van der Waals surface area contributed by atoms with Crippen LogP contribution in [0.4, 0.5) is 4.39 Å². The lowest BCUT2D eigenvalue weighted by molar-refractivity contribution is 0.351. The maximum atomic E-state index is 13.1. The maximum Gasteiger partial charge on any atom is 0.127 e. The second-order valence-corrected chi connectivity index (χ2v) is 5.29. The molecule has 1 heterocycles. The first-order chi connectivity index (χ1) is 9.69. The number of ether oxygens (including phenoxy) is 1. The molecule has 1 aliphatic rings. The van der Waals surface area contributed by atoms with Crippen LogP contribution in [0, 0.1) is 5.82 Å². The first kappa shape index (κ1) is 13.4. The van der Waals surface area contributed by atoms with Gasteiger partial charge in [-0.15, -0.1) is 0 Å². The molecule has 0 aliphatic carbocycles. The Morgan fingerprint density at radius 3 is 2.70 bits per heavy atom. The molecule has 104 valence electrons. The van der Waals surface area contributed by atoms with Crippen LogP contribution in [0.1, 0.15) is 22.7 Å². The van der Waals surface area contributed by atoms with Gasteiger partial charge in [0.1, 0.15) is 11.6 Å². The van der Waals surface area contributed by atoms with Crippen molar-refractivity contribution < 1.29 is 9.13 Å². The van der Waals surface area contributed by atoms with Crippen LogP contribution in [0.3, 0.4) is 0 Å². The summed E-state index contributed by atoms with van der Waals surface area (Å²) >= 11 is 6.20. The summed E-state index contributed by atoms with van der Waals surface area (Å²) in [4.78, 5) is 0. The summed E-state index contributed by atoms with van der Waals surface area (Å²) in [5.41, 5.74) is 3.11. The van der Waals surface area contributed by atoms with Crippen LogP contribution in [-0.4, -0.2) is 13.7 Å². The number of benzene rings is 2. The van der Waals surface area contributed by atoms with Crippen molar-refractivity contribution in [3.05, 3.63) is 63.9 Å². The van der Waals surface area contributed by atoms with Crippen molar-refractivity contribution in [3.8, 4) is 5.75 Å². The Bertz CT molecular complexity index is 627. The summed E-state index contributed by atoms with van der Waals surface area (Å²) in [5, 5.41) is 3.95. The van der Waals surface area contributed by atoms with Crippen LogP contribution in [-0.2, 0) is 6.42 Å². The average Bonchev–Trinajstić information content (AvgIpc) is 2.89. The van der Waals surface area contributed by atoms with Crippen LogP contribution < -0.4 is 10.1 Å². The Morgan fingerprint density at radius 2 is 2.00 bits per heavy atom. The lowest BCUT2D eigenvalue weighted by atomic mass is 9.96. The quantitative estimate of drug-likeness (QED) is 0.930. The van der Waals surface area contributed by atoms with Gasteiger partial charge in [0, 0.05) is 17.0 Å². The minimum Gasteiger partial charge on any atom is -0.493 e. The average molecular weight is 292 g/mol. The van der Waals surface area contributed by atoms with Crippen LogP contribution >= 0.6 is 11.6 Å². The number of fused-ring (bicyclic) bond motifs is 1. The molecule has 2 nitrogen and oxygen atoms in total. The summed E-state index contributed by atoms with van der Waals surface area (Å²) < 4.78 is 18.8. The topological polar surface area (TPSA) is 21.3 Å². The molecule has 3 rings (SSSR count). The van der Waals surface area contributed by atoms with Crippen molar-refractivity contribution >= 4 is 11.6 Å². The molecule has 0 saturated carbocycles. The number of nitrogens with one attached hydrogen (secondary N) is 1. The molecular weight excluding hydrogens is 277 g/mol. The first-order valence-electron chi connectivity index (χ1n) is 6.57. The van der Waals surface area contributed by atoms with Crippen molar-refractivity contribution in [2.45, 2.75) is 12.5 Å². The van der Waals surface area contributed by atoms with E-state index in [0.717, 1.165) is 28.9 Å². The minimum atomic E-state index is -0.240. The SMILES string of the molecule is CNC(c1ccc(F)cc1)c1cc(Cl)cc2c1OCC2. The Morgan fingerprint density at radius 1 is 1.25 bits per heavy atom. The van der Waals surface area contributed by atoms with E-state index in [1.165, 1.54) is 12.1 Å². The van der Waals surface area contributed by atoms with E-state index in [-0.39, 0.29) is 11.9 Å². The second-order valence-electron chi connectivity index (χ2n) is 4.85. The monoisotopic (exact) mass is 291 g/mol. The van der Waals surface area contributed by atoms with Crippen LogP contribution in [0.5, 0.6) is 5.75 Å². The lowest BCUT2D eigenvalue weighted by Gasteiger charge is -2.20. The molecule has 0 bridgehead atoms. The zero-order chi connectivity index (χ0) is 14.1. The van der Waals surface area contributed by atoms with Gasteiger partial charge < -0.3 is 10.1 Å². The summed E-state index contributed by atoms with van der Waals surface area (Å²) in [7, 11) is 1.87. The van der Waals surface area contributed by atoms with E-state index in [4.69, 9.17) is 16.3 Å². The molecule has 1 aliphatic heterocycles.